The van der Waals surface area contributed by atoms with E-state index in [1.165, 1.54) is 10.6 Å². The van der Waals surface area contributed by atoms with Crippen molar-refractivity contribution < 1.29 is 19.4 Å². The van der Waals surface area contributed by atoms with Crippen LogP contribution in [0.15, 0.2) is 18.3 Å². The summed E-state index contributed by atoms with van der Waals surface area (Å²) in [6.45, 7) is 1.40. The summed E-state index contributed by atoms with van der Waals surface area (Å²) in [4.78, 5) is 22.6. The Labute approximate surface area is 111 Å². The third kappa shape index (κ3) is 3.82. The predicted octanol–water partition coefficient (Wildman–Crippen LogP) is 0.872. The number of aromatic carboxylic acids is 1. The maximum Gasteiger partial charge on any atom is 0.352 e. The number of carboxylic acid groups (broad SMARTS) is 1. The second-order valence-corrected chi connectivity index (χ2v) is 4.60. The summed E-state index contributed by atoms with van der Waals surface area (Å²) in [6, 6.07) is 3.09. The Morgan fingerprint density at radius 2 is 2.37 bits per heavy atom. The fraction of sp³-hybridized carbons (Fsp3) is 0.538. The topological polar surface area (TPSA) is 80.6 Å². The molecule has 2 heterocycles. The van der Waals surface area contributed by atoms with Gasteiger partial charge in [-0.05, 0) is 31.4 Å². The van der Waals surface area contributed by atoms with Crippen LogP contribution < -0.4 is 5.32 Å². The van der Waals surface area contributed by atoms with Crippen molar-refractivity contribution in [2.45, 2.75) is 31.9 Å². The van der Waals surface area contributed by atoms with Crippen LogP contribution in [0.25, 0.3) is 0 Å². The van der Waals surface area contributed by atoms with Crippen molar-refractivity contribution in [1.29, 1.82) is 0 Å². The number of carbonyl (C=O) groups is 2. The number of ether oxygens (including phenoxy) is 1. The van der Waals surface area contributed by atoms with E-state index in [4.69, 9.17) is 9.84 Å². The van der Waals surface area contributed by atoms with Crippen molar-refractivity contribution in [1.82, 2.24) is 9.88 Å². The van der Waals surface area contributed by atoms with Crippen LogP contribution in [0.5, 0.6) is 0 Å². The number of amides is 1. The first-order valence-electron chi connectivity index (χ1n) is 6.43. The zero-order valence-corrected chi connectivity index (χ0v) is 10.7. The number of nitrogens with zero attached hydrogens (tertiary/aromatic N) is 1. The van der Waals surface area contributed by atoms with Gasteiger partial charge in [0.05, 0.1) is 6.10 Å². The maximum atomic E-state index is 11.7. The average Bonchev–Trinajstić information content (AvgIpc) is 2.99. The molecular weight excluding hydrogens is 248 g/mol. The molecule has 104 valence electrons. The van der Waals surface area contributed by atoms with Crippen LogP contribution in [0.1, 0.15) is 29.8 Å². The van der Waals surface area contributed by atoms with Crippen LogP contribution in [0, 0.1) is 0 Å². The van der Waals surface area contributed by atoms with E-state index in [0.717, 1.165) is 25.9 Å². The molecule has 6 nitrogen and oxygen atoms in total. The van der Waals surface area contributed by atoms with Gasteiger partial charge >= 0.3 is 5.97 Å². The minimum absolute atomic E-state index is 0.0279. The van der Waals surface area contributed by atoms with E-state index in [0.29, 0.717) is 6.54 Å². The minimum atomic E-state index is -1.03. The van der Waals surface area contributed by atoms with E-state index in [1.54, 1.807) is 12.3 Å². The largest absolute Gasteiger partial charge is 0.477 e. The lowest BCUT2D eigenvalue weighted by Gasteiger charge is -2.11. The zero-order valence-electron chi connectivity index (χ0n) is 10.7. The average molecular weight is 266 g/mol. The van der Waals surface area contributed by atoms with Gasteiger partial charge < -0.3 is 19.7 Å². The van der Waals surface area contributed by atoms with Gasteiger partial charge in [0.2, 0.25) is 5.91 Å². The normalized spacial score (nSPS) is 18.4. The fourth-order valence-corrected chi connectivity index (χ4v) is 2.20. The van der Waals surface area contributed by atoms with Crippen molar-refractivity contribution >= 4 is 11.9 Å². The Bertz CT molecular complexity index is 449. The lowest BCUT2D eigenvalue weighted by atomic mass is 10.2. The SMILES string of the molecule is O=C(Cn1cccc1C(=O)O)NCCC1CCCO1. The van der Waals surface area contributed by atoms with Gasteiger partial charge in [-0.25, -0.2) is 4.79 Å². The van der Waals surface area contributed by atoms with Crippen molar-refractivity contribution in [3.8, 4) is 0 Å². The third-order valence-electron chi connectivity index (χ3n) is 3.18. The Morgan fingerprint density at radius 1 is 1.53 bits per heavy atom. The molecule has 0 aromatic carbocycles. The van der Waals surface area contributed by atoms with E-state index < -0.39 is 5.97 Å². The molecule has 1 saturated heterocycles. The molecule has 1 unspecified atom stereocenters. The molecule has 19 heavy (non-hydrogen) atoms. The maximum absolute atomic E-state index is 11.7. The molecule has 2 rings (SSSR count). The standard InChI is InChI=1S/C13H18N2O4/c16-12(14-6-5-10-3-2-8-19-10)9-15-7-1-4-11(15)13(17)18/h1,4,7,10H,2-3,5-6,8-9H2,(H,14,16)(H,17,18). The predicted molar refractivity (Wildman–Crippen MR) is 68.0 cm³/mol. The molecule has 0 aliphatic carbocycles. The summed E-state index contributed by atoms with van der Waals surface area (Å²) in [5.74, 6) is -1.21. The number of carbonyl (C=O) groups excluding carboxylic acids is 1. The van der Waals surface area contributed by atoms with Gasteiger partial charge in [-0.15, -0.1) is 0 Å². The molecule has 0 saturated carbocycles. The smallest absolute Gasteiger partial charge is 0.352 e. The highest BCUT2D eigenvalue weighted by Crippen LogP contribution is 2.14. The van der Waals surface area contributed by atoms with Crippen molar-refractivity contribution in [3.63, 3.8) is 0 Å². The van der Waals surface area contributed by atoms with Gasteiger partial charge in [0.15, 0.2) is 0 Å². The van der Waals surface area contributed by atoms with E-state index in [9.17, 15) is 9.59 Å². The van der Waals surface area contributed by atoms with Gasteiger partial charge in [-0.2, -0.15) is 0 Å². The van der Waals surface area contributed by atoms with Crippen LogP contribution in [-0.2, 0) is 16.1 Å². The monoisotopic (exact) mass is 266 g/mol. The van der Waals surface area contributed by atoms with Gasteiger partial charge in [-0.1, -0.05) is 0 Å². The Morgan fingerprint density at radius 3 is 3.05 bits per heavy atom. The van der Waals surface area contributed by atoms with Gasteiger partial charge in [-0.3, -0.25) is 4.79 Å². The second-order valence-electron chi connectivity index (χ2n) is 4.60. The molecule has 1 fully saturated rings. The lowest BCUT2D eigenvalue weighted by molar-refractivity contribution is -0.121. The summed E-state index contributed by atoms with van der Waals surface area (Å²) in [7, 11) is 0. The van der Waals surface area contributed by atoms with Crippen LogP contribution >= 0.6 is 0 Å². The van der Waals surface area contributed by atoms with Gasteiger partial charge in [0.25, 0.3) is 0 Å². The number of rotatable bonds is 6. The lowest BCUT2D eigenvalue weighted by Crippen LogP contribution is -2.30. The molecule has 1 amide bonds. The van der Waals surface area contributed by atoms with Crippen LogP contribution in [-0.4, -0.2) is 40.8 Å². The molecule has 1 aliphatic heterocycles. The van der Waals surface area contributed by atoms with Crippen LogP contribution in [0.3, 0.4) is 0 Å². The van der Waals surface area contributed by atoms with E-state index in [1.807, 2.05) is 0 Å². The highest BCUT2D eigenvalue weighted by Gasteiger charge is 2.15. The molecule has 2 N–H and O–H groups in total. The number of hydrogen-bond donors (Lipinski definition) is 2. The fourth-order valence-electron chi connectivity index (χ4n) is 2.20. The highest BCUT2D eigenvalue weighted by molar-refractivity contribution is 5.86. The molecule has 1 aromatic rings. The summed E-state index contributed by atoms with van der Waals surface area (Å²) in [5, 5.41) is 11.7. The third-order valence-corrected chi connectivity index (χ3v) is 3.18. The zero-order chi connectivity index (χ0) is 13.7. The molecule has 0 spiro atoms. The van der Waals surface area contributed by atoms with Crippen molar-refractivity contribution in [3.05, 3.63) is 24.0 Å². The van der Waals surface area contributed by atoms with Crippen molar-refractivity contribution in [2.24, 2.45) is 0 Å². The number of hydrogen-bond acceptors (Lipinski definition) is 3. The molecule has 6 heteroatoms. The Kier molecular flexibility index (Phi) is 4.57. The minimum Gasteiger partial charge on any atom is -0.477 e. The quantitative estimate of drug-likeness (QED) is 0.800. The first-order chi connectivity index (χ1) is 9.16. The second kappa shape index (κ2) is 6.38. The first-order valence-corrected chi connectivity index (χ1v) is 6.43. The summed E-state index contributed by atoms with van der Waals surface area (Å²) in [5.41, 5.74) is 0.120. The van der Waals surface area contributed by atoms with Crippen molar-refractivity contribution in [2.75, 3.05) is 13.2 Å². The van der Waals surface area contributed by atoms with Crippen LogP contribution in [0.2, 0.25) is 0 Å². The Balaban J connectivity index is 1.74. The summed E-state index contributed by atoms with van der Waals surface area (Å²) in [6.07, 6.45) is 4.79. The first kappa shape index (κ1) is 13.6. The van der Waals surface area contributed by atoms with Crippen LogP contribution in [0.4, 0.5) is 0 Å². The molecule has 0 bridgehead atoms. The summed E-state index contributed by atoms with van der Waals surface area (Å²) >= 11 is 0. The molecule has 1 atom stereocenters. The number of nitrogens with one attached hydrogen (secondary N) is 1. The van der Waals surface area contributed by atoms with E-state index >= 15 is 0 Å². The molecule has 1 aliphatic rings. The Hall–Kier alpha value is -1.82. The number of aromatic nitrogens is 1. The van der Waals surface area contributed by atoms with E-state index in [2.05, 4.69) is 5.32 Å². The molecular formula is C13H18N2O4. The number of carboxylic acids is 1. The molecule has 1 aromatic heterocycles. The van der Waals surface area contributed by atoms with Gasteiger partial charge in [0.1, 0.15) is 12.2 Å². The van der Waals surface area contributed by atoms with E-state index in [-0.39, 0.29) is 24.2 Å². The molecule has 0 radical (unpaired) electrons. The summed E-state index contributed by atoms with van der Waals surface area (Å²) < 4.78 is 6.88. The highest BCUT2D eigenvalue weighted by atomic mass is 16.5. The van der Waals surface area contributed by atoms with Gasteiger partial charge in [0, 0.05) is 19.3 Å².